The first-order chi connectivity index (χ1) is 9.00. The van der Waals surface area contributed by atoms with E-state index in [1.807, 2.05) is 0 Å². The van der Waals surface area contributed by atoms with Crippen molar-refractivity contribution in [1.82, 2.24) is 4.90 Å². The van der Waals surface area contributed by atoms with E-state index in [-0.39, 0.29) is 25.3 Å². The second-order valence-electron chi connectivity index (χ2n) is 4.41. The van der Waals surface area contributed by atoms with Gasteiger partial charge in [-0.25, -0.2) is 9.18 Å². The van der Waals surface area contributed by atoms with Gasteiger partial charge in [-0.05, 0) is 19.1 Å². The largest absolute Gasteiger partial charge is 0.480 e. The molecule has 0 radical (unpaired) electrons. The first-order valence-electron chi connectivity index (χ1n) is 5.88. The number of carbonyl (C=O) groups excluding carboxylic acids is 1. The van der Waals surface area contributed by atoms with Gasteiger partial charge in [0, 0.05) is 6.54 Å². The van der Waals surface area contributed by atoms with Crippen LogP contribution in [0.1, 0.15) is 15.9 Å². The fourth-order valence-corrected chi connectivity index (χ4v) is 2.01. The Hall–Kier alpha value is -1.95. The van der Waals surface area contributed by atoms with Gasteiger partial charge in [-0.3, -0.25) is 4.79 Å². The Kier molecular flexibility index (Phi) is 3.80. The van der Waals surface area contributed by atoms with Crippen LogP contribution in [0.4, 0.5) is 4.39 Å². The van der Waals surface area contributed by atoms with Gasteiger partial charge in [0.2, 0.25) is 0 Å². The maximum Gasteiger partial charge on any atom is 0.328 e. The number of carboxylic acids is 1. The van der Waals surface area contributed by atoms with Gasteiger partial charge in [-0.2, -0.15) is 0 Å². The van der Waals surface area contributed by atoms with Crippen LogP contribution < -0.4 is 0 Å². The summed E-state index contributed by atoms with van der Waals surface area (Å²) in [7, 11) is 0. The van der Waals surface area contributed by atoms with Crippen LogP contribution >= 0.6 is 0 Å². The molecule has 1 aliphatic rings. The van der Waals surface area contributed by atoms with Crippen molar-refractivity contribution in [2.75, 3.05) is 19.8 Å². The molecule has 1 N–H and O–H groups in total. The molecule has 1 aliphatic heterocycles. The zero-order chi connectivity index (χ0) is 14.0. The Labute approximate surface area is 109 Å². The van der Waals surface area contributed by atoms with Crippen LogP contribution in [0.3, 0.4) is 0 Å². The second-order valence-corrected chi connectivity index (χ2v) is 4.41. The predicted octanol–water partition coefficient (Wildman–Crippen LogP) is 1.06. The molecule has 1 heterocycles. The number of hydrogen-bond acceptors (Lipinski definition) is 3. The van der Waals surface area contributed by atoms with E-state index in [9.17, 15) is 14.0 Å². The van der Waals surface area contributed by atoms with E-state index >= 15 is 0 Å². The average molecular weight is 267 g/mol. The van der Waals surface area contributed by atoms with E-state index in [1.54, 1.807) is 13.0 Å². The molecule has 1 aromatic rings. The molecule has 0 unspecified atom stereocenters. The molecule has 1 saturated heterocycles. The fraction of sp³-hybridized carbons (Fsp3) is 0.385. The topological polar surface area (TPSA) is 66.8 Å². The summed E-state index contributed by atoms with van der Waals surface area (Å²) >= 11 is 0. The van der Waals surface area contributed by atoms with Crippen LogP contribution in [-0.4, -0.2) is 47.7 Å². The molecule has 5 nitrogen and oxygen atoms in total. The van der Waals surface area contributed by atoms with Gasteiger partial charge in [0.1, 0.15) is 5.82 Å². The molecule has 1 amide bonds. The van der Waals surface area contributed by atoms with Crippen molar-refractivity contribution in [2.24, 2.45) is 0 Å². The molecule has 19 heavy (non-hydrogen) atoms. The Balaban J connectivity index is 2.31. The number of hydrogen-bond donors (Lipinski definition) is 1. The third-order valence-corrected chi connectivity index (χ3v) is 3.03. The predicted molar refractivity (Wildman–Crippen MR) is 64.4 cm³/mol. The first-order valence-corrected chi connectivity index (χ1v) is 5.88. The highest BCUT2D eigenvalue weighted by Crippen LogP contribution is 2.16. The van der Waals surface area contributed by atoms with E-state index in [4.69, 9.17) is 9.84 Å². The van der Waals surface area contributed by atoms with E-state index in [1.165, 1.54) is 12.1 Å². The third-order valence-electron chi connectivity index (χ3n) is 3.03. The zero-order valence-corrected chi connectivity index (χ0v) is 10.4. The van der Waals surface area contributed by atoms with Crippen molar-refractivity contribution in [3.8, 4) is 0 Å². The lowest BCUT2D eigenvalue weighted by Crippen LogP contribution is -2.52. The van der Waals surface area contributed by atoms with Gasteiger partial charge in [0.25, 0.3) is 5.91 Å². The first kappa shape index (κ1) is 13.5. The summed E-state index contributed by atoms with van der Waals surface area (Å²) in [5, 5.41) is 9.06. The molecule has 0 bridgehead atoms. The molecule has 1 aromatic carbocycles. The molecule has 1 atom stereocenters. The SMILES string of the molecule is Cc1ccc(F)c(C(=O)N2CCOC[C@H]2C(=O)O)c1. The van der Waals surface area contributed by atoms with Crippen molar-refractivity contribution < 1.29 is 23.8 Å². The van der Waals surface area contributed by atoms with Crippen LogP contribution in [0.5, 0.6) is 0 Å². The number of benzene rings is 1. The highest BCUT2D eigenvalue weighted by atomic mass is 19.1. The third kappa shape index (κ3) is 2.73. The van der Waals surface area contributed by atoms with E-state index < -0.39 is 23.7 Å². The number of carboxylic acid groups (broad SMARTS) is 1. The Bertz CT molecular complexity index is 517. The van der Waals surface area contributed by atoms with Gasteiger partial charge >= 0.3 is 5.97 Å². The summed E-state index contributed by atoms with van der Waals surface area (Å²) in [5.74, 6) is -2.41. The van der Waals surface area contributed by atoms with E-state index in [0.29, 0.717) is 0 Å². The van der Waals surface area contributed by atoms with Crippen LogP contribution in [0, 0.1) is 12.7 Å². The van der Waals surface area contributed by atoms with Crippen LogP contribution in [0.2, 0.25) is 0 Å². The van der Waals surface area contributed by atoms with Crippen molar-refractivity contribution in [3.63, 3.8) is 0 Å². The van der Waals surface area contributed by atoms with Gasteiger partial charge < -0.3 is 14.7 Å². The summed E-state index contributed by atoms with van der Waals surface area (Å²) in [6.07, 6.45) is 0. The molecule has 0 aliphatic carbocycles. The van der Waals surface area contributed by atoms with Crippen LogP contribution in [-0.2, 0) is 9.53 Å². The lowest BCUT2D eigenvalue weighted by molar-refractivity contribution is -0.147. The second kappa shape index (κ2) is 5.36. The molecular weight excluding hydrogens is 253 g/mol. The van der Waals surface area contributed by atoms with Crippen LogP contribution in [0.25, 0.3) is 0 Å². The number of rotatable bonds is 2. The Morgan fingerprint density at radius 2 is 2.21 bits per heavy atom. The van der Waals surface area contributed by atoms with Gasteiger partial charge in [-0.15, -0.1) is 0 Å². The lowest BCUT2D eigenvalue weighted by atomic mass is 10.1. The van der Waals surface area contributed by atoms with Crippen LogP contribution in [0.15, 0.2) is 18.2 Å². The minimum Gasteiger partial charge on any atom is -0.480 e. The van der Waals surface area contributed by atoms with Crippen molar-refractivity contribution in [2.45, 2.75) is 13.0 Å². The number of amides is 1. The smallest absolute Gasteiger partial charge is 0.328 e. The van der Waals surface area contributed by atoms with Gasteiger partial charge in [0.05, 0.1) is 18.8 Å². The normalized spacial score (nSPS) is 19.3. The molecule has 0 saturated carbocycles. The number of aliphatic carboxylic acids is 1. The molecule has 6 heteroatoms. The molecule has 2 rings (SSSR count). The molecule has 0 aromatic heterocycles. The standard InChI is InChI=1S/C13H14FNO4/c1-8-2-3-10(14)9(6-8)12(16)15-4-5-19-7-11(15)13(17)18/h2-3,6,11H,4-5,7H2,1H3,(H,17,18)/t11-/m0/s1. The van der Waals surface area contributed by atoms with E-state index in [2.05, 4.69) is 0 Å². The lowest BCUT2D eigenvalue weighted by Gasteiger charge is -2.33. The Morgan fingerprint density at radius 1 is 1.47 bits per heavy atom. The number of nitrogens with zero attached hydrogens (tertiary/aromatic N) is 1. The van der Waals surface area contributed by atoms with E-state index in [0.717, 1.165) is 10.5 Å². The summed E-state index contributed by atoms with van der Waals surface area (Å²) in [4.78, 5) is 24.5. The fourth-order valence-electron chi connectivity index (χ4n) is 2.01. The summed E-state index contributed by atoms with van der Waals surface area (Å²) in [6, 6.07) is 3.12. The minimum atomic E-state index is -1.15. The number of aryl methyl sites for hydroxylation is 1. The number of ether oxygens (including phenoxy) is 1. The Morgan fingerprint density at radius 3 is 2.89 bits per heavy atom. The average Bonchev–Trinajstić information content (AvgIpc) is 2.40. The maximum absolute atomic E-state index is 13.7. The number of halogens is 1. The molecule has 1 fully saturated rings. The van der Waals surface area contributed by atoms with Gasteiger partial charge in [0.15, 0.2) is 6.04 Å². The van der Waals surface area contributed by atoms with Gasteiger partial charge in [-0.1, -0.05) is 11.6 Å². The number of carbonyl (C=O) groups is 2. The summed E-state index contributed by atoms with van der Waals surface area (Å²) < 4.78 is 18.7. The summed E-state index contributed by atoms with van der Waals surface area (Å²) in [5.41, 5.74) is 0.637. The molecule has 102 valence electrons. The minimum absolute atomic E-state index is 0.0749. The zero-order valence-electron chi connectivity index (χ0n) is 10.4. The molecular formula is C13H14FNO4. The monoisotopic (exact) mass is 267 g/mol. The quantitative estimate of drug-likeness (QED) is 0.870. The van der Waals surface area contributed by atoms with Crippen molar-refractivity contribution in [3.05, 3.63) is 35.1 Å². The van der Waals surface area contributed by atoms with Crippen molar-refractivity contribution in [1.29, 1.82) is 0 Å². The highest BCUT2D eigenvalue weighted by molar-refractivity contribution is 5.97. The molecule has 0 spiro atoms. The maximum atomic E-state index is 13.7. The summed E-state index contributed by atoms with van der Waals surface area (Å²) in [6.45, 7) is 2.06. The highest BCUT2D eigenvalue weighted by Gasteiger charge is 2.34. The number of morpholine rings is 1. The van der Waals surface area contributed by atoms with Crippen molar-refractivity contribution >= 4 is 11.9 Å².